The number of thiophene rings is 1. The number of carbonyl (C=O) groups excluding carboxylic acids is 2. The third-order valence-corrected chi connectivity index (χ3v) is 8.99. The second-order valence-electron chi connectivity index (χ2n) is 10.4. The molecule has 3 aromatic rings. The zero-order chi connectivity index (χ0) is 29.3. The molecule has 2 aliphatic rings. The number of aryl methyl sites for hydroxylation is 1. The van der Waals surface area contributed by atoms with Crippen molar-refractivity contribution < 1.29 is 23.8 Å². The van der Waals surface area contributed by atoms with Gasteiger partial charge in [0, 0.05) is 32.7 Å². The van der Waals surface area contributed by atoms with Crippen molar-refractivity contribution in [1.82, 2.24) is 0 Å². The van der Waals surface area contributed by atoms with Crippen LogP contribution in [0.2, 0.25) is 0 Å². The minimum Gasteiger partial charge on any atom is -0.493 e. The minimum atomic E-state index is -0.305. The van der Waals surface area contributed by atoms with Gasteiger partial charge in [-0.2, -0.15) is 0 Å². The van der Waals surface area contributed by atoms with Crippen molar-refractivity contribution in [2.45, 2.75) is 33.1 Å². The van der Waals surface area contributed by atoms with E-state index < -0.39 is 0 Å². The third kappa shape index (κ3) is 5.32. The molecule has 2 unspecified atom stereocenters. The van der Waals surface area contributed by atoms with Crippen LogP contribution in [-0.2, 0) is 9.53 Å². The number of aldehydes is 1. The van der Waals surface area contributed by atoms with Crippen molar-refractivity contribution in [1.29, 1.82) is 0 Å². The summed E-state index contributed by atoms with van der Waals surface area (Å²) in [6.45, 7) is 10.7. The van der Waals surface area contributed by atoms with E-state index in [4.69, 9.17) is 14.2 Å². The second kappa shape index (κ2) is 11.8. The molecular formula is C35H34O5S. The van der Waals surface area contributed by atoms with Gasteiger partial charge in [0.25, 0.3) is 0 Å². The lowest BCUT2D eigenvalue weighted by molar-refractivity contribution is -0.139. The minimum absolute atomic E-state index is 0.0755. The Morgan fingerprint density at radius 2 is 1.80 bits per heavy atom. The zero-order valence-electron chi connectivity index (χ0n) is 24.1. The largest absolute Gasteiger partial charge is 0.493 e. The summed E-state index contributed by atoms with van der Waals surface area (Å²) in [7, 11) is 3.22. The van der Waals surface area contributed by atoms with Gasteiger partial charge < -0.3 is 14.2 Å². The van der Waals surface area contributed by atoms with Crippen LogP contribution in [0, 0.1) is 12.8 Å². The van der Waals surface area contributed by atoms with Crippen LogP contribution in [0.4, 0.5) is 0 Å². The monoisotopic (exact) mass is 566 g/mol. The normalized spacial score (nSPS) is 19.2. The Bertz CT molecular complexity index is 1630. The first-order chi connectivity index (χ1) is 19.8. The van der Waals surface area contributed by atoms with E-state index in [-0.39, 0.29) is 17.8 Å². The van der Waals surface area contributed by atoms with E-state index >= 15 is 0 Å². The summed E-state index contributed by atoms with van der Waals surface area (Å²) in [5.74, 6) is 0.602. The average Bonchev–Trinajstić information content (AvgIpc) is 3.56. The smallest absolute Gasteiger partial charge is 0.334 e. The van der Waals surface area contributed by atoms with Crippen LogP contribution < -0.4 is 9.47 Å². The molecule has 41 heavy (non-hydrogen) atoms. The summed E-state index contributed by atoms with van der Waals surface area (Å²) >= 11 is 1.69. The highest BCUT2D eigenvalue weighted by Crippen LogP contribution is 2.54. The topological polar surface area (TPSA) is 61.8 Å². The number of hydrogen-bond donors (Lipinski definition) is 0. The number of fused-ring (bicyclic) bond motifs is 1. The SMILES string of the molecule is C=C1/C(=C/c2ccc(-c3cc(C=O)ccc3C)s2)CC2=CC(C)=C(C(=O)OCC)C(c3ccc(OC)c(OC)c3)C12. The number of hydrogen-bond acceptors (Lipinski definition) is 6. The molecule has 1 heterocycles. The fraction of sp³-hybridized carbons (Fsp3) is 0.257. The van der Waals surface area contributed by atoms with Gasteiger partial charge in [-0.3, -0.25) is 4.79 Å². The lowest BCUT2D eigenvalue weighted by Gasteiger charge is -2.32. The van der Waals surface area contributed by atoms with E-state index in [2.05, 4.69) is 37.8 Å². The highest BCUT2D eigenvalue weighted by atomic mass is 32.1. The van der Waals surface area contributed by atoms with E-state index in [0.717, 1.165) is 55.9 Å². The number of rotatable bonds is 8. The first-order valence-electron chi connectivity index (χ1n) is 13.7. The average molecular weight is 567 g/mol. The highest BCUT2D eigenvalue weighted by molar-refractivity contribution is 7.16. The molecule has 5 rings (SSSR count). The van der Waals surface area contributed by atoms with Crippen LogP contribution in [-0.4, -0.2) is 33.1 Å². The van der Waals surface area contributed by atoms with Crippen LogP contribution in [0.1, 0.15) is 52.5 Å². The number of esters is 1. The van der Waals surface area contributed by atoms with Gasteiger partial charge in [0.1, 0.15) is 6.29 Å². The molecule has 6 heteroatoms. The van der Waals surface area contributed by atoms with E-state index in [0.29, 0.717) is 29.2 Å². The summed E-state index contributed by atoms with van der Waals surface area (Å²) in [5.41, 5.74) is 8.76. The molecule has 1 aromatic heterocycles. The first kappa shape index (κ1) is 28.4. The summed E-state index contributed by atoms with van der Waals surface area (Å²) < 4.78 is 16.6. The maximum atomic E-state index is 13.3. The Balaban J connectivity index is 1.54. The van der Waals surface area contributed by atoms with Gasteiger partial charge in [-0.1, -0.05) is 36.4 Å². The molecule has 2 aromatic carbocycles. The lowest BCUT2D eigenvalue weighted by atomic mass is 9.71. The molecule has 0 saturated heterocycles. The number of carbonyl (C=O) groups is 2. The van der Waals surface area contributed by atoms with Crippen molar-refractivity contribution in [2.75, 3.05) is 20.8 Å². The molecule has 2 aliphatic carbocycles. The molecule has 0 radical (unpaired) electrons. The summed E-state index contributed by atoms with van der Waals surface area (Å²) in [4.78, 5) is 26.9. The van der Waals surface area contributed by atoms with Gasteiger partial charge in [0.05, 0.1) is 20.8 Å². The molecule has 0 N–H and O–H groups in total. The van der Waals surface area contributed by atoms with E-state index in [1.807, 2.05) is 50.2 Å². The molecule has 5 nitrogen and oxygen atoms in total. The Labute approximate surface area is 245 Å². The van der Waals surface area contributed by atoms with E-state index in [9.17, 15) is 9.59 Å². The van der Waals surface area contributed by atoms with Crippen LogP contribution in [0.15, 0.2) is 89.1 Å². The Kier molecular flexibility index (Phi) is 8.13. The van der Waals surface area contributed by atoms with E-state index in [1.165, 1.54) is 5.57 Å². The zero-order valence-corrected chi connectivity index (χ0v) is 24.9. The molecule has 0 amide bonds. The van der Waals surface area contributed by atoms with Crippen LogP contribution in [0.25, 0.3) is 16.5 Å². The molecule has 1 fully saturated rings. The van der Waals surface area contributed by atoms with Gasteiger partial charge in [-0.15, -0.1) is 11.3 Å². The van der Waals surface area contributed by atoms with Crippen molar-refractivity contribution in [3.63, 3.8) is 0 Å². The molecule has 1 saturated carbocycles. The number of methoxy groups -OCH3 is 2. The molecule has 0 bridgehead atoms. The summed E-state index contributed by atoms with van der Waals surface area (Å²) in [5, 5.41) is 0. The molecule has 0 spiro atoms. The fourth-order valence-electron chi connectivity index (χ4n) is 5.96. The van der Waals surface area contributed by atoms with Crippen molar-refractivity contribution >= 4 is 29.7 Å². The van der Waals surface area contributed by atoms with Gasteiger partial charge >= 0.3 is 5.97 Å². The van der Waals surface area contributed by atoms with Crippen molar-refractivity contribution in [3.05, 3.63) is 111 Å². The first-order valence-corrected chi connectivity index (χ1v) is 14.5. The fourth-order valence-corrected chi connectivity index (χ4v) is 7.02. The Morgan fingerprint density at radius 3 is 2.51 bits per heavy atom. The standard InChI is InChI=1S/C35H34O5S/c1-7-40-35(37)32-21(3)14-26-16-25(17-27-11-13-31(41-27)28-15-23(19-36)9-8-20(28)2)22(4)33(26)34(32)24-10-12-29(38-5)30(18-24)39-6/h8-15,17-19,33-34H,4,7,16H2,1-3,5-6H3/b25-17+. The molecule has 0 aliphatic heterocycles. The maximum Gasteiger partial charge on any atom is 0.334 e. The predicted molar refractivity (Wildman–Crippen MR) is 165 cm³/mol. The molecular weight excluding hydrogens is 532 g/mol. The summed E-state index contributed by atoms with van der Waals surface area (Å²) in [6, 6.07) is 15.8. The van der Waals surface area contributed by atoms with Crippen molar-refractivity contribution in [3.8, 4) is 21.9 Å². The van der Waals surface area contributed by atoms with E-state index in [1.54, 1.807) is 25.6 Å². The van der Waals surface area contributed by atoms with Crippen LogP contribution in [0.5, 0.6) is 11.5 Å². The maximum absolute atomic E-state index is 13.3. The number of ether oxygens (including phenoxy) is 3. The lowest BCUT2D eigenvalue weighted by Crippen LogP contribution is -2.26. The van der Waals surface area contributed by atoms with Crippen molar-refractivity contribution in [2.24, 2.45) is 5.92 Å². The number of allylic oxidation sites excluding steroid dienone is 5. The van der Waals surface area contributed by atoms with Crippen LogP contribution >= 0.6 is 11.3 Å². The molecule has 2 atom stereocenters. The third-order valence-electron chi connectivity index (χ3n) is 7.92. The van der Waals surface area contributed by atoms with Gasteiger partial charge in [0.15, 0.2) is 11.5 Å². The number of benzene rings is 2. The van der Waals surface area contributed by atoms with Gasteiger partial charge in [-0.05, 0) is 97.0 Å². The van der Waals surface area contributed by atoms with Gasteiger partial charge in [-0.25, -0.2) is 4.79 Å². The van der Waals surface area contributed by atoms with Crippen LogP contribution in [0.3, 0.4) is 0 Å². The highest BCUT2D eigenvalue weighted by Gasteiger charge is 2.43. The summed E-state index contributed by atoms with van der Waals surface area (Å²) in [6.07, 6.45) is 5.98. The second-order valence-corrected chi connectivity index (χ2v) is 11.5. The predicted octanol–water partition coefficient (Wildman–Crippen LogP) is 8.12. The quantitative estimate of drug-likeness (QED) is 0.204. The Morgan fingerprint density at radius 1 is 1.02 bits per heavy atom. The van der Waals surface area contributed by atoms with Gasteiger partial charge in [0.2, 0.25) is 0 Å². The Hall–Kier alpha value is -4.16. The molecule has 210 valence electrons.